The Morgan fingerprint density at radius 1 is 1.00 bits per heavy atom. The molecule has 2 aromatic carbocycles. The first kappa shape index (κ1) is 14.3. The number of anilines is 1. The van der Waals surface area contributed by atoms with Crippen molar-refractivity contribution >= 4 is 5.69 Å². The largest absolute Gasteiger partial charge is 0.399 e. The average molecular weight is 299 g/mol. The molecule has 0 spiro atoms. The molecule has 0 aliphatic rings. The normalized spacial score (nSPS) is 10.8. The van der Waals surface area contributed by atoms with E-state index in [0.29, 0.717) is 24.2 Å². The third kappa shape index (κ3) is 3.14. The summed E-state index contributed by atoms with van der Waals surface area (Å²) in [5.74, 6) is -0.834. The van der Waals surface area contributed by atoms with Crippen molar-refractivity contribution in [3.8, 4) is 0 Å². The molecular weight excluding hydrogens is 284 g/mol. The molecule has 1 aromatic heterocycles. The fraction of sp³-hybridized carbons (Fsp3) is 0.118. The molecular formula is C17H15F2N3. The number of imidazole rings is 1. The molecule has 3 nitrogen and oxygen atoms in total. The molecule has 0 radical (unpaired) electrons. The van der Waals surface area contributed by atoms with Crippen LogP contribution in [-0.2, 0) is 13.0 Å². The summed E-state index contributed by atoms with van der Waals surface area (Å²) in [7, 11) is 0. The van der Waals surface area contributed by atoms with Crippen molar-refractivity contribution < 1.29 is 8.78 Å². The van der Waals surface area contributed by atoms with Crippen molar-refractivity contribution in [2.45, 2.75) is 13.0 Å². The van der Waals surface area contributed by atoms with Gasteiger partial charge in [-0.05, 0) is 35.4 Å². The van der Waals surface area contributed by atoms with Crippen LogP contribution < -0.4 is 5.73 Å². The smallest absolute Gasteiger partial charge is 0.159 e. The Hall–Kier alpha value is -2.69. The van der Waals surface area contributed by atoms with E-state index in [-0.39, 0.29) is 0 Å². The van der Waals surface area contributed by atoms with Gasteiger partial charge >= 0.3 is 0 Å². The van der Waals surface area contributed by atoms with E-state index in [9.17, 15) is 8.78 Å². The summed E-state index contributed by atoms with van der Waals surface area (Å²) in [5, 5.41) is 0. The van der Waals surface area contributed by atoms with Gasteiger partial charge in [0.15, 0.2) is 11.6 Å². The highest BCUT2D eigenvalue weighted by molar-refractivity contribution is 5.41. The number of benzene rings is 2. The standard InChI is InChI=1S/C17H15F2N3/c18-15-5-4-13(9-16(15)19)11-22-7-6-21-17(22)10-12-2-1-3-14(20)8-12/h1-9H,10-11,20H2. The molecule has 0 amide bonds. The van der Waals surface area contributed by atoms with Crippen LogP contribution in [0, 0.1) is 11.6 Å². The van der Waals surface area contributed by atoms with Gasteiger partial charge in [0, 0.05) is 31.0 Å². The van der Waals surface area contributed by atoms with Gasteiger partial charge in [-0.2, -0.15) is 0 Å². The molecule has 0 atom stereocenters. The summed E-state index contributed by atoms with van der Waals surface area (Å²) < 4.78 is 28.2. The lowest BCUT2D eigenvalue weighted by atomic mass is 10.1. The van der Waals surface area contributed by atoms with E-state index >= 15 is 0 Å². The Labute approximate surface area is 127 Å². The predicted octanol–water partition coefficient (Wildman–Crippen LogP) is 3.38. The minimum absolute atomic E-state index is 0.439. The third-order valence-electron chi connectivity index (χ3n) is 3.45. The molecule has 2 N–H and O–H groups in total. The van der Waals surface area contributed by atoms with Crippen LogP contribution in [0.25, 0.3) is 0 Å². The molecule has 0 aliphatic carbocycles. The lowest BCUT2D eigenvalue weighted by molar-refractivity contribution is 0.506. The van der Waals surface area contributed by atoms with Gasteiger partial charge in [-0.15, -0.1) is 0 Å². The van der Waals surface area contributed by atoms with Gasteiger partial charge in [-0.1, -0.05) is 18.2 Å². The summed E-state index contributed by atoms with van der Waals surface area (Å²) in [6, 6.07) is 11.5. The summed E-state index contributed by atoms with van der Waals surface area (Å²) in [6.45, 7) is 0.439. The maximum Gasteiger partial charge on any atom is 0.159 e. The number of nitrogen functional groups attached to an aromatic ring is 1. The highest BCUT2D eigenvalue weighted by Gasteiger charge is 2.07. The monoisotopic (exact) mass is 299 g/mol. The molecule has 3 aromatic rings. The van der Waals surface area contributed by atoms with Crippen molar-refractivity contribution in [2.75, 3.05) is 5.73 Å². The van der Waals surface area contributed by atoms with Crippen LogP contribution in [0.5, 0.6) is 0 Å². The maximum absolute atomic E-state index is 13.3. The lowest BCUT2D eigenvalue weighted by Gasteiger charge is -2.09. The Morgan fingerprint density at radius 3 is 2.64 bits per heavy atom. The van der Waals surface area contributed by atoms with Crippen LogP contribution in [0.4, 0.5) is 14.5 Å². The highest BCUT2D eigenvalue weighted by atomic mass is 19.2. The van der Waals surface area contributed by atoms with E-state index in [4.69, 9.17) is 5.73 Å². The zero-order valence-electron chi connectivity index (χ0n) is 11.8. The molecule has 5 heteroatoms. The third-order valence-corrected chi connectivity index (χ3v) is 3.45. The van der Waals surface area contributed by atoms with Gasteiger partial charge in [0.05, 0.1) is 0 Å². The van der Waals surface area contributed by atoms with Gasteiger partial charge in [-0.25, -0.2) is 13.8 Å². The van der Waals surface area contributed by atoms with Crippen LogP contribution >= 0.6 is 0 Å². The SMILES string of the molecule is Nc1cccc(Cc2nccn2Cc2ccc(F)c(F)c2)c1. The maximum atomic E-state index is 13.3. The number of halogens is 2. The zero-order valence-corrected chi connectivity index (χ0v) is 11.8. The van der Waals surface area contributed by atoms with Crippen molar-refractivity contribution in [1.82, 2.24) is 9.55 Å². The number of nitrogens with zero attached hydrogens (tertiary/aromatic N) is 2. The van der Waals surface area contributed by atoms with Crippen molar-refractivity contribution in [1.29, 1.82) is 0 Å². The molecule has 0 bridgehead atoms. The molecule has 0 saturated heterocycles. The van der Waals surface area contributed by atoms with Crippen molar-refractivity contribution in [3.05, 3.63) is 83.4 Å². The van der Waals surface area contributed by atoms with Gasteiger partial charge in [0.2, 0.25) is 0 Å². The van der Waals surface area contributed by atoms with Gasteiger partial charge in [-0.3, -0.25) is 0 Å². The number of nitrogens with two attached hydrogens (primary N) is 1. The second kappa shape index (κ2) is 5.97. The summed E-state index contributed by atoms with van der Waals surface area (Å²) >= 11 is 0. The fourth-order valence-electron chi connectivity index (χ4n) is 2.37. The number of hydrogen-bond acceptors (Lipinski definition) is 2. The first-order valence-corrected chi connectivity index (χ1v) is 6.90. The Morgan fingerprint density at radius 2 is 1.86 bits per heavy atom. The van der Waals surface area contributed by atoms with E-state index < -0.39 is 11.6 Å². The van der Waals surface area contributed by atoms with Gasteiger partial charge in [0.1, 0.15) is 5.82 Å². The summed E-state index contributed by atoms with van der Waals surface area (Å²) in [4.78, 5) is 4.33. The van der Waals surface area contributed by atoms with E-state index in [1.807, 2.05) is 35.0 Å². The second-order valence-corrected chi connectivity index (χ2v) is 5.14. The summed E-state index contributed by atoms with van der Waals surface area (Å²) in [5.41, 5.74) is 8.22. The average Bonchev–Trinajstić information content (AvgIpc) is 2.90. The molecule has 112 valence electrons. The fourth-order valence-corrected chi connectivity index (χ4v) is 2.37. The van der Waals surface area contributed by atoms with Crippen molar-refractivity contribution in [2.24, 2.45) is 0 Å². The van der Waals surface area contributed by atoms with Gasteiger partial charge < -0.3 is 10.3 Å². The quantitative estimate of drug-likeness (QED) is 0.751. The van der Waals surface area contributed by atoms with E-state index in [2.05, 4.69) is 4.98 Å². The first-order chi connectivity index (χ1) is 10.6. The Kier molecular flexibility index (Phi) is 3.87. The number of rotatable bonds is 4. The van der Waals surface area contributed by atoms with Gasteiger partial charge in [0.25, 0.3) is 0 Å². The first-order valence-electron chi connectivity index (χ1n) is 6.90. The van der Waals surface area contributed by atoms with Crippen LogP contribution in [0.1, 0.15) is 17.0 Å². The van der Waals surface area contributed by atoms with Crippen LogP contribution in [0.15, 0.2) is 54.9 Å². The summed E-state index contributed by atoms with van der Waals surface area (Å²) in [6.07, 6.45) is 4.14. The highest BCUT2D eigenvalue weighted by Crippen LogP contribution is 2.14. The van der Waals surface area contributed by atoms with E-state index in [1.54, 1.807) is 12.3 Å². The Bertz CT molecular complexity index is 796. The number of aromatic nitrogens is 2. The van der Waals surface area contributed by atoms with Crippen LogP contribution in [-0.4, -0.2) is 9.55 Å². The zero-order chi connectivity index (χ0) is 15.5. The minimum Gasteiger partial charge on any atom is -0.399 e. The molecule has 0 unspecified atom stereocenters. The molecule has 0 saturated carbocycles. The van der Waals surface area contributed by atoms with E-state index in [0.717, 1.165) is 17.5 Å². The molecule has 0 aliphatic heterocycles. The predicted molar refractivity (Wildman–Crippen MR) is 81.3 cm³/mol. The molecule has 1 heterocycles. The lowest BCUT2D eigenvalue weighted by Crippen LogP contribution is -2.06. The molecule has 0 fully saturated rings. The van der Waals surface area contributed by atoms with Crippen LogP contribution in [0.2, 0.25) is 0 Å². The van der Waals surface area contributed by atoms with E-state index in [1.165, 1.54) is 6.07 Å². The van der Waals surface area contributed by atoms with Crippen LogP contribution in [0.3, 0.4) is 0 Å². The topological polar surface area (TPSA) is 43.8 Å². The van der Waals surface area contributed by atoms with Crippen molar-refractivity contribution in [3.63, 3.8) is 0 Å². The Balaban J connectivity index is 1.81. The second-order valence-electron chi connectivity index (χ2n) is 5.14. The minimum atomic E-state index is -0.839. The number of hydrogen-bond donors (Lipinski definition) is 1. The molecule has 22 heavy (non-hydrogen) atoms. The molecule has 3 rings (SSSR count).